The number of aromatic nitrogens is 1. The van der Waals surface area contributed by atoms with Crippen LogP contribution in [0.2, 0.25) is 0 Å². The minimum Gasteiger partial charge on any atom is -0.199 e. The highest BCUT2D eigenvalue weighted by Gasteiger charge is 2.01. The second-order valence-corrected chi connectivity index (χ2v) is 4.24. The third kappa shape index (κ3) is 2.54. The minimum absolute atomic E-state index is 1.00. The Balaban J connectivity index is 2.24. The Morgan fingerprint density at radius 1 is 1.20 bits per heavy atom. The summed E-state index contributed by atoms with van der Waals surface area (Å²) in [6.45, 7) is 3.16. The summed E-state index contributed by atoms with van der Waals surface area (Å²) in [5, 5.41) is 2.10. The molecule has 0 aliphatic rings. The average Bonchev–Trinajstić information content (AvgIpc) is 2.79. The average molecular weight is 216 g/mol. The van der Waals surface area contributed by atoms with Gasteiger partial charge < -0.3 is 0 Å². The molecule has 0 saturated heterocycles. The zero-order valence-corrected chi connectivity index (χ0v) is 9.58. The van der Waals surface area contributed by atoms with E-state index < -0.39 is 0 Å². The predicted molar refractivity (Wildman–Crippen MR) is 65.6 cm³/mol. The van der Waals surface area contributed by atoms with Crippen molar-refractivity contribution in [2.24, 2.45) is 0 Å². The molecule has 2 aromatic rings. The van der Waals surface area contributed by atoms with Crippen molar-refractivity contribution in [1.82, 2.24) is 0 Å². The van der Waals surface area contributed by atoms with Gasteiger partial charge in [-0.1, -0.05) is 6.07 Å². The van der Waals surface area contributed by atoms with Gasteiger partial charge in [0.15, 0.2) is 6.20 Å². The van der Waals surface area contributed by atoms with E-state index in [9.17, 15) is 0 Å². The molecule has 2 rings (SSSR count). The van der Waals surface area contributed by atoms with Crippen molar-refractivity contribution >= 4 is 23.5 Å². The smallest absolute Gasteiger partial charge is 0.199 e. The standard InChI is InChI=1S/C13H14NS/c1-2-14-10-4-3-6-12(14)8-9-13-7-5-11-15-13/h3-11H,2H2,1H3/q+1. The number of pyridine rings is 1. The lowest BCUT2D eigenvalue weighted by Crippen LogP contribution is -2.34. The summed E-state index contributed by atoms with van der Waals surface area (Å²) >= 11 is 1.76. The van der Waals surface area contributed by atoms with Crippen LogP contribution in [0, 0.1) is 0 Å². The highest BCUT2D eigenvalue weighted by molar-refractivity contribution is 7.10. The van der Waals surface area contributed by atoms with Gasteiger partial charge in [-0.25, -0.2) is 0 Å². The van der Waals surface area contributed by atoms with Gasteiger partial charge in [0, 0.05) is 23.1 Å². The maximum absolute atomic E-state index is 2.23. The van der Waals surface area contributed by atoms with Crippen LogP contribution in [0.1, 0.15) is 17.5 Å². The van der Waals surface area contributed by atoms with Gasteiger partial charge in [0.05, 0.1) is 0 Å². The molecule has 0 aromatic carbocycles. The van der Waals surface area contributed by atoms with Crippen molar-refractivity contribution in [3.63, 3.8) is 0 Å². The highest BCUT2D eigenvalue weighted by atomic mass is 32.1. The second kappa shape index (κ2) is 4.89. The summed E-state index contributed by atoms with van der Waals surface area (Å²) < 4.78 is 2.23. The first-order chi connectivity index (χ1) is 7.40. The van der Waals surface area contributed by atoms with Gasteiger partial charge in [-0.2, -0.15) is 4.57 Å². The fourth-order valence-electron chi connectivity index (χ4n) is 1.48. The van der Waals surface area contributed by atoms with E-state index in [1.165, 1.54) is 10.6 Å². The number of hydrogen-bond acceptors (Lipinski definition) is 1. The molecule has 0 aliphatic heterocycles. The van der Waals surface area contributed by atoms with Crippen molar-refractivity contribution in [1.29, 1.82) is 0 Å². The van der Waals surface area contributed by atoms with Gasteiger partial charge in [-0.05, 0) is 30.5 Å². The minimum atomic E-state index is 1.00. The molecule has 15 heavy (non-hydrogen) atoms. The van der Waals surface area contributed by atoms with E-state index in [2.05, 4.69) is 65.6 Å². The zero-order chi connectivity index (χ0) is 10.5. The van der Waals surface area contributed by atoms with E-state index in [1.807, 2.05) is 0 Å². The van der Waals surface area contributed by atoms with Crippen LogP contribution in [0.15, 0.2) is 41.9 Å². The lowest BCUT2D eigenvalue weighted by Gasteiger charge is -1.95. The monoisotopic (exact) mass is 216 g/mol. The number of aryl methyl sites for hydroxylation is 1. The summed E-state index contributed by atoms with van der Waals surface area (Å²) in [5.74, 6) is 0. The molecular weight excluding hydrogens is 202 g/mol. The van der Waals surface area contributed by atoms with Crippen LogP contribution in [0.4, 0.5) is 0 Å². The SMILES string of the molecule is CC[n+]1ccccc1C=Cc1cccs1. The number of nitrogens with zero attached hydrogens (tertiary/aromatic N) is 1. The van der Waals surface area contributed by atoms with Crippen molar-refractivity contribution < 1.29 is 4.57 Å². The molecule has 2 aromatic heterocycles. The van der Waals surface area contributed by atoms with Crippen molar-refractivity contribution in [3.8, 4) is 0 Å². The molecule has 0 bridgehead atoms. The van der Waals surface area contributed by atoms with Crippen LogP contribution in [0.3, 0.4) is 0 Å². The third-order valence-electron chi connectivity index (χ3n) is 2.28. The van der Waals surface area contributed by atoms with E-state index in [-0.39, 0.29) is 0 Å². The summed E-state index contributed by atoms with van der Waals surface area (Å²) in [6.07, 6.45) is 6.43. The van der Waals surface area contributed by atoms with E-state index in [4.69, 9.17) is 0 Å². The summed E-state index contributed by atoms with van der Waals surface area (Å²) in [6, 6.07) is 10.5. The molecule has 0 saturated carbocycles. The van der Waals surface area contributed by atoms with Gasteiger partial charge in [-0.15, -0.1) is 11.3 Å². The summed E-state index contributed by atoms with van der Waals surface area (Å²) in [5.41, 5.74) is 1.24. The van der Waals surface area contributed by atoms with Crippen molar-refractivity contribution in [3.05, 3.63) is 52.5 Å². The molecule has 0 fully saturated rings. The Morgan fingerprint density at radius 2 is 2.13 bits per heavy atom. The van der Waals surface area contributed by atoms with Crippen molar-refractivity contribution in [2.75, 3.05) is 0 Å². The fraction of sp³-hybridized carbons (Fsp3) is 0.154. The van der Waals surface area contributed by atoms with Gasteiger partial charge in [0.25, 0.3) is 0 Å². The highest BCUT2D eigenvalue weighted by Crippen LogP contribution is 2.11. The second-order valence-electron chi connectivity index (χ2n) is 3.26. The molecule has 0 atom stereocenters. The zero-order valence-electron chi connectivity index (χ0n) is 8.76. The lowest BCUT2D eigenvalue weighted by molar-refractivity contribution is -0.695. The Kier molecular flexibility index (Phi) is 3.30. The molecule has 0 N–H and O–H groups in total. The quantitative estimate of drug-likeness (QED) is 0.694. The van der Waals surface area contributed by atoms with E-state index in [1.54, 1.807) is 11.3 Å². The Labute approximate surface area is 94.3 Å². The molecule has 0 amide bonds. The normalized spacial score (nSPS) is 11.0. The van der Waals surface area contributed by atoms with Gasteiger partial charge in [-0.3, -0.25) is 0 Å². The van der Waals surface area contributed by atoms with Crippen LogP contribution in [0.5, 0.6) is 0 Å². The van der Waals surface area contributed by atoms with E-state index >= 15 is 0 Å². The van der Waals surface area contributed by atoms with Crippen LogP contribution in [0.25, 0.3) is 12.2 Å². The van der Waals surface area contributed by atoms with Crippen LogP contribution < -0.4 is 4.57 Å². The maximum Gasteiger partial charge on any atom is 0.205 e. The van der Waals surface area contributed by atoms with Crippen LogP contribution in [-0.4, -0.2) is 0 Å². The molecule has 1 nitrogen and oxygen atoms in total. The predicted octanol–water partition coefficient (Wildman–Crippen LogP) is 3.23. The molecule has 76 valence electrons. The molecular formula is C13H14NS+. The Morgan fingerprint density at radius 3 is 2.87 bits per heavy atom. The van der Waals surface area contributed by atoms with Gasteiger partial charge in [0.2, 0.25) is 5.69 Å². The molecule has 0 aliphatic carbocycles. The summed E-state index contributed by atoms with van der Waals surface area (Å²) in [4.78, 5) is 1.29. The number of rotatable bonds is 3. The third-order valence-corrected chi connectivity index (χ3v) is 3.12. The van der Waals surface area contributed by atoms with Crippen LogP contribution >= 0.6 is 11.3 Å². The molecule has 0 spiro atoms. The van der Waals surface area contributed by atoms with Gasteiger partial charge >= 0.3 is 0 Å². The molecule has 2 heteroatoms. The Bertz CT molecular complexity index is 443. The van der Waals surface area contributed by atoms with E-state index in [0.29, 0.717) is 0 Å². The topological polar surface area (TPSA) is 3.88 Å². The number of hydrogen-bond donors (Lipinski definition) is 0. The molecule has 0 unspecified atom stereocenters. The molecule has 0 radical (unpaired) electrons. The lowest BCUT2D eigenvalue weighted by atomic mass is 10.3. The maximum atomic E-state index is 2.23. The molecule has 2 heterocycles. The van der Waals surface area contributed by atoms with Crippen molar-refractivity contribution in [2.45, 2.75) is 13.5 Å². The first kappa shape index (κ1) is 10.1. The first-order valence-corrected chi connectivity index (χ1v) is 5.98. The largest absolute Gasteiger partial charge is 0.205 e. The first-order valence-electron chi connectivity index (χ1n) is 5.10. The van der Waals surface area contributed by atoms with E-state index in [0.717, 1.165) is 6.54 Å². The number of thiophene rings is 1. The Hall–Kier alpha value is -1.41. The fourth-order valence-corrected chi connectivity index (χ4v) is 2.10. The van der Waals surface area contributed by atoms with Gasteiger partial charge in [0.1, 0.15) is 6.54 Å². The summed E-state index contributed by atoms with van der Waals surface area (Å²) in [7, 11) is 0. The van der Waals surface area contributed by atoms with Crippen LogP contribution in [-0.2, 0) is 6.54 Å².